The van der Waals surface area contributed by atoms with Crippen molar-refractivity contribution in [2.45, 2.75) is 18.5 Å². The third kappa shape index (κ3) is 5.52. The molecular weight excluding hydrogens is 406 g/mol. The van der Waals surface area contributed by atoms with E-state index in [0.717, 1.165) is 28.2 Å². The fraction of sp³-hybridized carbons (Fsp3) is 0.125. The molecule has 2 aromatic carbocycles. The Morgan fingerprint density at radius 1 is 0.806 bits per heavy atom. The molecule has 154 valence electrons. The molecule has 1 N–H and O–H groups in total. The van der Waals surface area contributed by atoms with Gasteiger partial charge < -0.3 is 5.32 Å². The van der Waals surface area contributed by atoms with E-state index < -0.39 is 0 Å². The van der Waals surface area contributed by atoms with Gasteiger partial charge in [-0.15, -0.1) is 10.2 Å². The zero-order valence-electron chi connectivity index (χ0n) is 17.0. The maximum Gasteiger partial charge on any atom is 0.226 e. The molecule has 0 unspecified atom stereocenters. The van der Waals surface area contributed by atoms with Crippen LogP contribution in [0.4, 0.5) is 5.82 Å². The van der Waals surface area contributed by atoms with Crippen LogP contribution in [0, 0.1) is 6.92 Å². The van der Waals surface area contributed by atoms with Crippen LogP contribution < -0.4 is 5.32 Å². The molecule has 31 heavy (non-hydrogen) atoms. The van der Waals surface area contributed by atoms with Crippen molar-refractivity contribution in [3.05, 3.63) is 84.6 Å². The second-order valence-corrected chi connectivity index (χ2v) is 7.90. The molecular formula is C24H21N5OS. The predicted octanol–water partition coefficient (Wildman–Crippen LogP) is 5.03. The number of hydrogen-bond donors (Lipinski definition) is 1. The van der Waals surface area contributed by atoms with Gasteiger partial charge in [-0.2, -0.15) is 0 Å². The van der Waals surface area contributed by atoms with Gasteiger partial charge in [0.1, 0.15) is 17.2 Å². The van der Waals surface area contributed by atoms with E-state index in [1.807, 2.05) is 79.7 Å². The molecule has 0 radical (unpaired) electrons. The average molecular weight is 428 g/mol. The Morgan fingerprint density at radius 3 is 2.16 bits per heavy atom. The van der Waals surface area contributed by atoms with Crippen molar-refractivity contribution in [1.82, 2.24) is 20.2 Å². The van der Waals surface area contributed by atoms with Gasteiger partial charge in [0.05, 0.1) is 0 Å². The molecule has 1 amide bonds. The minimum absolute atomic E-state index is 0.0947. The third-order valence-corrected chi connectivity index (χ3v) is 5.32. The number of pyridine rings is 1. The molecule has 4 rings (SSSR count). The zero-order chi connectivity index (χ0) is 21.5. The molecule has 7 heteroatoms. The number of benzene rings is 2. The largest absolute Gasteiger partial charge is 0.311 e. The SMILES string of the molecule is Cc1cccc(NC(=O)CCSc2nnc(-c3ccccc3)c(-c3ccccc3)n2)n1. The summed E-state index contributed by atoms with van der Waals surface area (Å²) in [5.41, 5.74) is 4.31. The summed E-state index contributed by atoms with van der Waals surface area (Å²) in [5.74, 6) is 1.01. The van der Waals surface area contributed by atoms with Crippen LogP contribution in [0.3, 0.4) is 0 Å². The topological polar surface area (TPSA) is 80.7 Å². The van der Waals surface area contributed by atoms with Gasteiger partial charge in [-0.25, -0.2) is 9.97 Å². The van der Waals surface area contributed by atoms with Gasteiger partial charge in [-0.05, 0) is 19.1 Å². The molecule has 0 bridgehead atoms. The van der Waals surface area contributed by atoms with E-state index in [0.29, 0.717) is 23.1 Å². The maximum absolute atomic E-state index is 12.2. The maximum atomic E-state index is 12.2. The lowest BCUT2D eigenvalue weighted by atomic mass is 10.0. The van der Waals surface area contributed by atoms with Crippen molar-refractivity contribution < 1.29 is 4.79 Å². The number of carbonyl (C=O) groups is 1. The first-order valence-corrected chi connectivity index (χ1v) is 10.9. The Bertz CT molecular complexity index is 1170. The molecule has 2 aromatic heterocycles. The van der Waals surface area contributed by atoms with Crippen LogP contribution in [0.15, 0.2) is 84.0 Å². The second kappa shape index (κ2) is 9.95. The number of thioether (sulfide) groups is 1. The highest BCUT2D eigenvalue weighted by molar-refractivity contribution is 7.99. The molecule has 0 atom stereocenters. The molecule has 6 nitrogen and oxygen atoms in total. The summed E-state index contributed by atoms with van der Waals surface area (Å²) in [6.45, 7) is 1.89. The Morgan fingerprint density at radius 2 is 1.48 bits per heavy atom. The number of aryl methyl sites for hydroxylation is 1. The number of nitrogens with one attached hydrogen (secondary N) is 1. The fourth-order valence-corrected chi connectivity index (χ4v) is 3.74. The molecule has 0 fully saturated rings. The number of anilines is 1. The summed E-state index contributed by atoms with van der Waals surface area (Å²) < 4.78 is 0. The smallest absolute Gasteiger partial charge is 0.226 e. The first-order chi connectivity index (χ1) is 15.2. The average Bonchev–Trinajstić information content (AvgIpc) is 2.80. The Kier molecular flexibility index (Phi) is 6.64. The van der Waals surface area contributed by atoms with E-state index in [4.69, 9.17) is 4.98 Å². The van der Waals surface area contributed by atoms with Gasteiger partial charge in [-0.1, -0.05) is 78.5 Å². The Balaban J connectivity index is 1.47. The lowest BCUT2D eigenvalue weighted by molar-refractivity contribution is -0.115. The van der Waals surface area contributed by atoms with Gasteiger partial charge in [0.15, 0.2) is 0 Å². The monoisotopic (exact) mass is 427 g/mol. The van der Waals surface area contributed by atoms with Crippen LogP contribution in [-0.4, -0.2) is 31.8 Å². The highest BCUT2D eigenvalue weighted by atomic mass is 32.2. The summed E-state index contributed by atoms with van der Waals surface area (Å²) in [5, 5.41) is 12.1. The van der Waals surface area contributed by atoms with Gasteiger partial charge >= 0.3 is 0 Å². The van der Waals surface area contributed by atoms with Crippen molar-refractivity contribution in [3.63, 3.8) is 0 Å². The zero-order valence-corrected chi connectivity index (χ0v) is 17.8. The van der Waals surface area contributed by atoms with Crippen molar-refractivity contribution in [2.24, 2.45) is 0 Å². The molecule has 0 aliphatic carbocycles. The normalized spacial score (nSPS) is 10.6. The summed E-state index contributed by atoms with van der Waals surface area (Å²) in [6.07, 6.45) is 0.324. The molecule has 0 aliphatic rings. The number of carbonyl (C=O) groups excluding carboxylic acids is 1. The van der Waals surface area contributed by atoms with Gasteiger partial charge in [0.2, 0.25) is 11.1 Å². The van der Waals surface area contributed by atoms with Crippen molar-refractivity contribution >= 4 is 23.5 Å². The number of amides is 1. The number of nitrogens with zero attached hydrogens (tertiary/aromatic N) is 4. The first-order valence-electron chi connectivity index (χ1n) is 9.91. The minimum Gasteiger partial charge on any atom is -0.311 e. The number of rotatable bonds is 7. The first kappa shape index (κ1) is 20.7. The van der Waals surface area contributed by atoms with Crippen LogP contribution >= 0.6 is 11.8 Å². The molecule has 0 spiro atoms. The van der Waals surface area contributed by atoms with Gasteiger partial charge in [0, 0.05) is 29.0 Å². The summed E-state index contributed by atoms with van der Waals surface area (Å²) in [7, 11) is 0. The Hall–Kier alpha value is -3.58. The van der Waals surface area contributed by atoms with E-state index in [2.05, 4.69) is 20.5 Å². The predicted molar refractivity (Wildman–Crippen MR) is 124 cm³/mol. The van der Waals surface area contributed by atoms with Crippen LogP contribution in [0.1, 0.15) is 12.1 Å². The van der Waals surface area contributed by atoms with Crippen molar-refractivity contribution in [2.75, 3.05) is 11.1 Å². The van der Waals surface area contributed by atoms with Gasteiger partial charge in [0.25, 0.3) is 0 Å². The minimum atomic E-state index is -0.0947. The van der Waals surface area contributed by atoms with Crippen LogP contribution in [0.25, 0.3) is 22.5 Å². The van der Waals surface area contributed by atoms with E-state index >= 15 is 0 Å². The molecule has 0 saturated heterocycles. The Labute approximate surface area is 185 Å². The summed E-state index contributed by atoms with van der Waals surface area (Å²) >= 11 is 1.41. The lowest BCUT2D eigenvalue weighted by Crippen LogP contribution is -2.13. The second-order valence-electron chi connectivity index (χ2n) is 6.83. The van der Waals surface area contributed by atoms with E-state index in [9.17, 15) is 4.79 Å². The van der Waals surface area contributed by atoms with Crippen molar-refractivity contribution in [3.8, 4) is 22.5 Å². The van der Waals surface area contributed by atoms with Crippen LogP contribution in [-0.2, 0) is 4.79 Å². The van der Waals surface area contributed by atoms with Crippen LogP contribution in [0.5, 0.6) is 0 Å². The van der Waals surface area contributed by atoms with E-state index in [1.165, 1.54) is 11.8 Å². The highest BCUT2D eigenvalue weighted by Gasteiger charge is 2.14. The summed E-state index contributed by atoms with van der Waals surface area (Å²) in [6, 6.07) is 25.4. The summed E-state index contributed by atoms with van der Waals surface area (Å²) in [4.78, 5) is 21.3. The molecule has 4 aromatic rings. The van der Waals surface area contributed by atoms with E-state index in [-0.39, 0.29) is 5.91 Å². The molecule has 0 aliphatic heterocycles. The quantitative estimate of drug-likeness (QED) is 0.417. The third-order valence-electron chi connectivity index (χ3n) is 4.48. The van der Waals surface area contributed by atoms with Crippen molar-refractivity contribution in [1.29, 1.82) is 0 Å². The van der Waals surface area contributed by atoms with E-state index in [1.54, 1.807) is 6.07 Å². The molecule has 0 saturated carbocycles. The van der Waals surface area contributed by atoms with Crippen LogP contribution in [0.2, 0.25) is 0 Å². The molecule has 2 heterocycles. The standard InChI is InChI=1S/C24H21N5OS/c1-17-9-8-14-20(25-17)26-21(30)15-16-31-24-27-22(18-10-4-2-5-11-18)23(28-29-24)19-12-6-3-7-13-19/h2-14H,15-16H2,1H3,(H,25,26,30). The fourth-order valence-electron chi connectivity index (χ4n) is 3.01. The number of aromatic nitrogens is 4. The highest BCUT2D eigenvalue weighted by Crippen LogP contribution is 2.29. The van der Waals surface area contributed by atoms with Gasteiger partial charge in [-0.3, -0.25) is 4.79 Å². The lowest BCUT2D eigenvalue weighted by Gasteiger charge is -2.09. The number of hydrogen-bond acceptors (Lipinski definition) is 6.